The molecule has 0 spiro atoms. The molecule has 108 valence electrons. The average Bonchev–Trinajstić information content (AvgIpc) is 2.48. The summed E-state index contributed by atoms with van der Waals surface area (Å²) in [5.41, 5.74) is 6.49. The van der Waals surface area contributed by atoms with Crippen molar-refractivity contribution in [2.24, 2.45) is 0 Å². The molecule has 1 heteroatoms. The molecule has 0 bridgehead atoms. The third-order valence-electron chi connectivity index (χ3n) is 3.71. The Kier molecular flexibility index (Phi) is 5.51. The molecule has 0 amide bonds. The maximum Gasteiger partial charge on any atom is 0.143 e. The lowest BCUT2D eigenvalue weighted by Crippen LogP contribution is -2.01. The molecule has 21 heavy (non-hydrogen) atoms. The molecule has 1 aromatic carbocycles. The zero-order chi connectivity index (χ0) is 15.1. The van der Waals surface area contributed by atoms with Gasteiger partial charge in [-0.05, 0) is 61.5 Å². The molecule has 0 atom stereocenters. The van der Waals surface area contributed by atoms with Gasteiger partial charge in [0, 0.05) is 0 Å². The van der Waals surface area contributed by atoms with Crippen LogP contribution in [0.5, 0.6) is 0 Å². The molecular weight excluding hydrogens is 256 g/mol. The Hall–Kier alpha value is -2.15. The highest BCUT2D eigenvalue weighted by Crippen LogP contribution is 2.31. The highest BCUT2D eigenvalue weighted by atomic mass is 16.1. The molecule has 0 aliphatic heterocycles. The van der Waals surface area contributed by atoms with Crippen LogP contribution in [0.4, 0.5) is 0 Å². The van der Waals surface area contributed by atoms with Gasteiger partial charge in [0.05, 0.1) is 0 Å². The second-order valence-electron chi connectivity index (χ2n) is 5.50. The Balaban J connectivity index is 2.17. The first kappa shape index (κ1) is 15.2. The molecule has 0 radical (unpaired) electrons. The van der Waals surface area contributed by atoms with Crippen LogP contribution in [0, 0.1) is 0 Å². The number of allylic oxidation sites excluding steroid dienone is 8. The van der Waals surface area contributed by atoms with E-state index < -0.39 is 0 Å². The second-order valence-corrected chi connectivity index (χ2v) is 5.50. The van der Waals surface area contributed by atoms with E-state index in [2.05, 4.69) is 43.3 Å². The molecular formula is C20H22O. The SMILES string of the molecule is CC(/C=C/C=C(C)/C=C1\CCCc2ccccc21)=C\C=O. The third kappa shape index (κ3) is 4.42. The Bertz CT molecular complexity index is 627. The number of rotatable bonds is 4. The first-order valence-electron chi connectivity index (χ1n) is 7.46. The lowest BCUT2D eigenvalue weighted by Gasteiger charge is -2.18. The third-order valence-corrected chi connectivity index (χ3v) is 3.71. The molecule has 0 N–H and O–H groups in total. The van der Waals surface area contributed by atoms with Crippen LogP contribution in [0.1, 0.15) is 37.8 Å². The zero-order valence-corrected chi connectivity index (χ0v) is 12.8. The van der Waals surface area contributed by atoms with Crippen molar-refractivity contribution in [2.45, 2.75) is 33.1 Å². The van der Waals surface area contributed by atoms with Crippen LogP contribution in [-0.4, -0.2) is 6.29 Å². The van der Waals surface area contributed by atoms with E-state index in [1.54, 1.807) is 6.08 Å². The van der Waals surface area contributed by atoms with Crippen molar-refractivity contribution < 1.29 is 4.79 Å². The molecule has 2 rings (SSSR count). The largest absolute Gasteiger partial charge is 0.299 e. The van der Waals surface area contributed by atoms with Gasteiger partial charge in [0.15, 0.2) is 0 Å². The molecule has 1 nitrogen and oxygen atoms in total. The summed E-state index contributed by atoms with van der Waals surface area (Å²) in [6.07, 6.45) is 14.3. The fourth-order valence-corrected chi connectivity index (χ4v) is 2.64. The first-order chi connectivity index (χ1) is 10.2. The summed E-state index contributed by atoms with van der Waals surface area (Å²) in [7, 11) is 0. The van der Waals surface area contributed by atoms with Crippen LogP contribution in [0.25, 0.3) is 5.57 Å². The van der Waals surface area contributed by atoms with Gasteiger partial charge in [-0.3, -0.25) is 4.79 Å². The maximum atomic E-state index is 10.4. The highest BCUT2D eigenvalue weighted by Gasteiger charge is 2.12. The van der Waals surface area contributed by atoms with Gasteiger partial charge in [-0.15, -0.1) is 0 Å². The minimum absolute atomic E-state index is 0.817. The monoisotopic (exact) mass is 278 g/mol. The van der Waals surface area contributed by atoms with Crippen molar-refractivity contribution in [1.29, 1.82) is 0 Å². The number of hydrogen-bond donors (Lipinski definition) is 0. The molecule has 0 saturated heterocycles. The summed E-state index contributed by atoms with van der Waals surface area (Å²) in [5, 5.41) is 0. The molecule has 1 aliphatic rings. The number of carbonyl (C=O) groups excluding carboxylic acids is 1. The van der Waals surface area contributed by atoms with Crippen molar-refractivity contribution in [2.75, 3.05) is 0 Å². The van der Waals surface area contributed by atoms with Crippen LogP contribution in [0.2, 0.25) is 0 Å². The Morgan fingerprint density at radius 3 is 2.67 bits per heavy atom. The zero-order valence-electron chi connectivity index (χ0n) is 12.8. The van der Waals surface area contributed by atoms with Gasteiger partial charge in [0.1, 0.15) is 6.29 Å². The highest BCUT2D eigenvalue weighted by molar-refractivity contribution is 5.72. The molecule has 1 aliphatic carbocycles. The average molecular weight is 278 g/mol. The number of aryl methyl sites for hydroxylation is 1. The molecule has 0 saturated carbocycles. The van der Waals surface area contributed by atoms with E-state index in [0.29, 0.717) is 0 Å². The fraction of sp³-hybridized carbons (Fsp3) is 0.250. The number of hydrogen-bond acceptors (Lipinski definition) is 1. The van der Waals surface area contributed by atoms with Crippen molar-refractivity contribution in [3.8, 4) is 0 Å². The topological polar surface area (TPSA) is 17.1 Å². The maximum absolute atomic E-state index is 10.4. The predicted octanol–water partition coefficient (Wildman–Crippen LogP) is 5.05. The minimum Gasteiger partial charge on any atom is -0.299 e. The summed E-state index contributed by atoms with van der Waals surface area (Å²) in [6.45, 7) is 4.04. The number of carbonyl (C=O) groups is 1. The van der Waals surface area contributed by atoms with Crippen LogP contribution >= 0.6 is 0 Å². The minimum atomic E-state index is 0.817. The van der Waals surface area contributed by atoms with Crippen molar-refractivity contribution in [1.82, 2.24) is 0 Å². The summed E-state index contributed by atoms with van der Waals surface area (Å²) < 4.78 is 0. The van der Waals surface area contributed by atoms with Gasteiger partial charge in [0.25, 0.3) is 0 Å². The molecule has 0 aromatic heterocycles. The van der Waals surface area contributed by atoms with Gasteiger partial charge >= 0.3 is 0 Å². The van der Waals surface area contributed by atoms with Gasteiger partial charge in [0.2, 0.25) is 0 Å². The molecule has 1 aromatic rings. The number of fused-ring (bicyclic) bond motifs is 1. The van der Waals surface area contributed by atoms with E-state index in [9.17, 15) is 4.79 Å². The summed E-state index contributed by atoms with van der Waals surface area (Å²) in [4.78, 5) is 10.4. The normalized spacial score (nSPS) is 18.1. The predicted molar refractivity (Wildman–Crippen MR) is 90.1 cm³/mol. The van der Waals surface area contributed by atoms with E-state index in [4.69, 9.17) is 0 Å². The summed E-state index contributed by atoms with van der Waals surface area (Å²) in [5.74, 6) is 0. The van der Waals surface area contributed by atoms with E-state index in [-0.39, 0.29) is 0 Å². The van der Waals surface area contributed by atoms with Crippen molar-refractivity contribution >= 4 is 11.9 Å². The Morgan fingerprint density at radius 1 is 1.05 bits per heavy atom. The Morgan fingerprint density at radius 2 is 1.86 bits per heavy atom. The number of aldehydes is 1. The van der Waals surface area contributed by atoms with Crippen molar-refractivity contribution in [3.63, 3.8) is 0 Å². The standard InChI is InChI=1S/C20H22O/c1-16(13-14-21)7-5-8-17(2)15-19-11-6-10-18-9-3-4-12-20(18)19/h3-5,7-9,12-15H,6,10-11H2,1-2H3/b7-5+,16-13+,17-8+,19-15+. The fourth-order valence-electron chi connectivity index (χ4n) is 2.64. The first-order valence-corrected chi connectivity index (χ1v) is 7.46. The van der Waals surface area contributed by atoms with E-state index in [1.165, 1.54) is 35.1 Å². The van der Waals surface area contributed by atoms with E-state index in [0.717, 1.165) is 18.3 Å². The smallest absolute Gasteiger partial charge is 0.143 e. The van der Waals surface area contributed by atoms with Crippen LogP contribution < -0.4 is 0 Å². The van der Waals surface area contributed by atoms with Crippen molar-refractivity contribution in [3.05, 3.63) is 76.9 Å². The lowest BCUT2D eigenvalue weighted by molar-refractivity contribution is -0.104. The molecule has 0 unspecified atom stereocenters. The van der Waals surface area contributed by atoms with Crippen LogP contribution in [0.15, 0.2) is 65.8 Å². The molecule has 0 fully saturated rings. The van der Waals surface area contributed by atoms with Crippen LogP contribution in [0.3, 0.4) is 0 Å². The summed E-state index contributed by atoms with van der Waals surface area (Å²) >= 11 is 0. The van der Waals surface area contributed by atoms with Gasteiger partial charge in [-0.2, -0.15) is 0 Å². The summed E-state index contributed by atoms with van der Waals surface area (Å²) in [6, 6.07) is 8.69. The van der Waals surface area contributed by atoms with Gasteiger partial charge < -0.3 is 0 Å². The van der Waals surface area contributed by atoms with E-state index in [1.807, 2.05) is 19.1 Å². The van der Waals surface area contributed by atoms with E-state index >= 15 is 0 Å². The Labute approximate surface area is 127 Å². The number of benzene rings is 1. The van der Waals surface area contributed by atoms with Gasteiger partial charge in [-0.1, -0.05) is 54.1 Å². The lowest BCUT2D eigenvalue weighted by atomic mass is 9.86. The molecule has 0 heterocycles. The quantitative estimate of drug-likeness (QED) is 0.428. The van der Waals surface area contributed by atoms with Gasteiger partial charge in [-0.25, -0.2) is 0 Å². The second kappa shape index (κ2) is 7.58. The van der Waals surface area contributed by atoms with Crippen LogP contribution in [-0.2, 0) is 11.2 Å².